The van der Waals surface area contributed by atoms with Gasteiger partial charge in [0.2, 0.25) is 11.8 Å². The van der Waals surface area contributed by atoms with Crippen LogP contribution in [0.4, 0.5) is 0 Å². The highest BCUT2D eigenvalue weighted by Crippen LogP contribution is 2.20. The molecule has 2 atom stereocenters. The molecule has 1 rings (SSSR count). The van der Waals surface area contributed by atoms with Crippen LogP contribution in [0, 0.1) is 31.1 Å². The van der Waals surface area contributed by atoms with Crippen LogP contribution >= 0.6 is 0 Å². The van der Waals surface area contributed by atoms with Crippen molar-refractivity contribution in [3.63, 3.8) is 0 Å². The number of carbonyl (C=O) groups excluding carboxylic acids is 3. The summed E-state index contributed by atoms with van der Waals surface area (Å²) in [5.41, 5.74) is 2.57. The second-order valence-corrected chi connectivity index (χ2v) is 10.9. The topological polar surface area (TPSA) is 122 Å². The highest BCUT2D eigenvalue weighted by Gasteiger charge is 2.34. The number of aryl methyl sites for hydroxylation is 2. The first-order chi connectivity index (χ1) is 17.7. The van der Waals surface area contributed by atoms with Gasteiger partial charge in [0.1, 0.15) is 0 Å². The minimum Gasteiger partial charge on any atom is -0.479 e. The normalized spacial score (nSPS) is 13.5. The minimum absolute atomic E-state index is 0.0399. The number of benzene rings is 1. The summed E-state index contributed by atoms with van der Waals surface area (Å²) in [7, 11) is 0. The number of hydrogen-bond donors (Lipinski definition) is 3. The van der Waals surface area contributed by atoms with Crippen LogP contribution < -0.4 is 10.6 Å². The first-order valence-electron chi connectivity index (χ1n) is 13.1. The van der Waals surface area contributed by atoms with Gasteiger partial charge in [-0.2, -0.15) is 0 Å². The zero-order valence-corrected chi connectivity index (χ0v) is 23.8. The third-order valence-corrected chi connectivity index (χ3v) is 6.12. The molecule has 0 radical (unpaired) electrons. The van der Waals surface area contributed by atoms with E-state index in [0.717, 1.165) is 12.8 Å². The van der Waals surface area contributed by atoms with Crippen molar-refractivity contribution in [1.29, 1.82) is 0 Å². The van der Waals surface area contributed by atoms with Gasteiger partial charge in [0, 0.05) is 6.54 Å². The molecule has 38 heavy (non-hydrogen) atoms. The van der Waals surface area contributed by atoms with E-state index in [-0.39, 0.29) is 31.3 Å². The third-order valence-electron chi connectivity index (χ3n) is 6.12. The van der Waals surface area contributed by atoms with Crippen LogP contribution in [0.25, 0.3) is 6.08 Å². The van der Waals surface area contributed by atoms with Crippen molar-refractivity contribution in [2.45, 2.75) is 73.8 Å². The van der Waals surface area contributed by atoms with E-state index in [2.05, 4.69) is 61.8 Å². The van der Waals surface area contributed by atoms with Gasteiger partial charge < -0.3 is 20.5 Å². The van der Waals surface area contributed by atoms with Crippen molar-refractivity contribution < 1.29 is 29.0 Å². The van der Waals surface area contributed by atoms with E-state index in [9.17, 15) is 24.3 Å². The minimum atomic E-state index is -1.24. The van der Waals surface area contributed by atoms with E-state index in [1.54, 1.807) is 19.9 Å². The number of amides is 2. The second-order valence-electron chi connectivity index (χ2n) is 10.9. The Morgan fingerprint density at radius 3 is 2.34 bits per heavy atom. The van der Waals surface area contributed by atoms with Crippen LogP contribution in [0.2, 0.25) is 0 Å². The Morgan fingerprint density at radius 2 is 1.74 bits per heavy atom. The van der Waals surface area contributed by atoms with Crippen LogP contribution in [0.5, 0.6) is 0 Å². The summed E-state index contributed by atoms with van der Waals surface area (Å²) in [5, 5.41) is 14.4. The molecule has 2 amide bonds. The van der Waals surface area contributed by atoms with Crippen LogP contribution in [0.3, 0.4) is 0 Å². The van der Waals surface area contributed by atoms with Gasteiger partial charge in [-0.15, -0.1) is 0 Å². The summed E-state index contributed by atoms with van der Waals surface area (Å²) in [5.74, 6) is -2.37. The van der Waals surface area contributed by atoms with Crippen LogP contribution in [-0.2, 0) is 23.9 Å². The molecular formula is C30H44N2O6. The second kappa shape index (κ2) is 15.7. The lowest BCUT2D eigenvalue weighted by atomic mass is 9.93. The number of aliphatic carboxylic acids is 1. The van der Waals surface area contributed by atoms with Gasteiger partial charge in [-0.05, 0) is 81.6 Å². The van der Waals surface area contributed by atoms with Gasteiger partial charge >= 0.3 is 11.9 Å². The number of allylic oxidation sites excluding steroid dienone is 2. The fraction of sp³-hybridized carbons (Fsp3) is 0.533. The highest BCUT2D eigenvalue weighted by molar-refractivity contribution is 5.91. The Morgan fingerprint density at radius 1 is 1.05 bits per heavy atom. The summed E-state index contributed by atoms with van der Waals surface area (Å²) in [6.07, 6.45) is 8.04. The molecule has 0 aromatic heterocycles. The predicted molar refractivity (Wildman–Crippen MR) is 149 cm³/mol. The number of carboxylic acids is 1. The summed E-state index contributed by atoms with van der Waals surface area (Å²) in [6.45, 7) is 12.8. The zero-order valence-electron chi connectivity index (χ0n) is 23.8. The molecule has 8 heteroatoms. The number of carboxylic acid groups (broad SMARTS) is 1. The Labute approximate surface area is 226 Å². The summed E-state index contributed by atoms with van der Waals surface area (Å²) < 4.78 is 5.16. The molecule has 0 saturated carbocycles. The fourth-order valence-electron chi connectivity index (χ4n) is 3.39. The van der Waals surface area contributed by atoms with Gasteiger partial charge in [0.15, 0.2) is 6.10 Å². The summed E-state index contributed by atoms with van der Waals surface area (Å²) in [4.78, 5) is 48.0. The molecule has 0 fully saturated rings. The molecular weight excluding hydrogens is 484 g/mol. The Hall–Kier alpha value is -3.42. The van der Waals surface area contributed by atoms with E-state index in [1.807, 2.05) is 13.8 Å². The first kappa shape index (κ1) is 32.6. The highest BCUT2D eigenvalue weighted by atomic mass is 16.6. The number of rotatable bonds is 15. The largest absolute Gasteiger partial charge is 0.479 e. The lowest BCUT2D eigenvalue weighted by molar-refractivity contribution is -0.171. The standard InChI is InChI=1S/C30H44N2O6/c1-20(2)16-25(28(35)36)38-29(37)30(6,7)19-32-27(34)18-31-26(33)11-9-8-10-21(3)12-14-24-15-13-22(4)23(5)17-24/h9,11-15,17,20-21,25H,8,10,16,18-19H2,1-7H3,(H,31,33)(H,32,34)(H,35,36)/b11-9+,14-12+. The summed E-state index contributed by atoms with van der Waals surface area (Å²) in [6, 6.07) is 6.37. The molecule has 0 saturated heterocycles. The van der Waals surface area contributed by atoms with Gasteiger partial charge in [0.25, 0.3) is 0 Å². The summed E-state index contributed by atoms with van der Waals surface area (Å²) >= 11 is 0. The smallest absolute Gasteiger partial charge is 0.345 e. The predicted octanol–water partition coefficient (Wildman–Crippen LogP) is 4.59. The number of ether oxygens (including phenoxy) is 1. The molecule has 2 unspecified atom stereocenters. The van der Waals surface area contributed by atoms with E-state index >= 15 is 0 Å². The van der Waals surface area contributed by atoms with E-state index in [4.69, 9.17) is 4.74 Å². The van der Waals surface area contributed by atoms with Crippen LogP contribution in [-0.4, -0.2) is 48.1 Å². The van der Waals surface area contributed by atoms with Crippen molar-refractivity contribution in [3.8, 4) is 0 Å². The third kappa shape index (κ3) is 12.7. The number of carbonyl (C=O) groups is 4. The number of esters is 1. The fourth-order valence-corrected chi connectivity index (χ4v) is 3.39. The van der Waals surface area contributed by atoms with Crippen molar-refractivity contribution in [2.75, 3.05) is 13.1 Å². The monoisotopic (exact) mass is 528 g/mol. The molecule has 8 nitrogen and oxygen atoms in total. The SMILES string of the molecule is Cc1ccc(/C=C/C(C)CC/C=C/C(=O)NCC(=O)NCC(C)(C)C(=O)OC(CC(C)C)C(=O)O)cc1C. The lowest BCUT2D eigenvalue weighted by Crippen LogP contribution is -2.45. The molecule has 0 aliphatic rings. The average molecular weight is 529 g/mol. The molecule has 1 aromatic carbocycles. The number of nitrogens with one attached hydrogen (secondary N) is 2. The molecule has 0 heterocycles. The molecule has 0 aliphatic carbocycles. The Balaban J connectivity index is 2.37. The van der Waals surface area contributed by atoms with Crippen molar-refractivity contribution >= 4 is 29.8 Å². The molecule has 3 N–H and O–H groups in total. The quantitative estimate of drug-likeness (QED) is 0.226. The molecule has 210 valence electrons. The van der Waals surface area contributed by atoms with Crippen molar-refractivity contribution in [1.82, 2.24) is 10.6 Å². The molecule has 0 bridgehead atoms. The number of hydrogen-bond acceptors (Lipinski definition) is 5. The molecule has 0 aliphatic heterocycles. The Kier molecular flexibility index (Phi) is 13.5. The Bertz CT molecular complexity index is 1030. The van der Waals surface area contributed by atoms with E-state index in [0.29, 0.717) is 5.92 Å². The average Bonchev–Trinajstić information content (AvgIpc) is 2.84. The van der Waals surface area contributed by atoms with Crippen molar-refractivity contribution in [2.24, 2.45) is 17.3 Å². The maximum Gasteiger partial charge on any atom is 0.345 e. The lowest BCUT2D eigenvalue weighted by Gasteiger charge is -2.25. The first-order valence-corrected chi connectivity index (χ1v) is 13.1. The van der Waals surface area contributed by atoms with Gasteiger partial charge in [0.05, 0.1) is 12.0 Å². The van der Waals surface area contributed by atoms with E-state index in [1.165, 1.54) is 22.8 Å². The van der Waals surface area contributed by atoms with Crippen LogP contribution in [0.15, 0.2) is 36.4 Å². The van der Waals surface area contributed by atoms with Gasteiger partial charge in [-0.1, -0.05) is 57.2 Å². The van der Waals surface area contributed by atoms with E-state index < -0.39 is 29.4 Å². The van der Waals surface area contributed by atoms with Crippen molar-refractivity contribution in [3.05, 3.63) is 53.1 Å². The van der Waals surface area contributed by atoms with Gasteiger partial charge in [-0.3, -0.25) is 14.4 Å². The maximum absolute atomic E-state index is 12.5. The zero-order chi connectivity index (χ0) is 28.9. The molecule has 0 spiro atoms. The van der Waals surface area contributed by atoms with Gasteiger partial charge in [-0.25, -0.2) is 4.79 Å². The van der Waals surface area contributed by atoms with Crippen LogP contribution in [0.1, 0.15) is 70.6 Å². The maximum atomic E-state index is 12.5. The molecule has 1 aromatic rings.